The van der Waals surface area contributed by atoms with E-state index in [9.17, 15) is 11.0 Å². The Morgan fingerprint density at radius 2 is 2.21 bits per heavy atom. The first-order chi connectivity index (χ1) is 16.5. The van der Waals surface area contributed by atoms with Crippen LogP contribution in [0.1, 0.15) is 58.6 Å². The summed E-state index contributed by atoms with van der Waals surface area (Å²) in [5.41, 5.74) is -2.17. The van der Waals surface area contributed by atoms with Crippen LogP contribution in [0, 0.1) is 11.7 Å². The van der Waals surface area contributed by atoms with E-state index in [1.165, 1.54) is 19.2 Å². The standard InChI is InChI=1S/C22H25ClFNO4/c1-12(2)18-8-14-9-19(29-7-5-6-28-4)17(23)10-15(14)21-20(24)22(27)16(13(3)26)11-25(18)21/h9-12,18H,5-8H2,1-4H3/t18-/m0/s1/i1D3,2D3,18D. The molecule has 0 unspecified atom stereocenters. The molecule has 7 heteroatoms. The highest BCUT2D eigenvalue weighted by molar-refractivity contribution is 6.32. The van der Waals surface area contributed by atoms with Crippen molar-refractivity contribution < 1.29 is 28.3 Å². The van der Waals surface area contributed by atoms with Gasteiger partial charge in [-0.2, -0.15) is 0 Å². The van der Waals surface area contributed by atoms with Crippen LogP contribution in [-0.2, 0) is 11.2 Å². The first-order valence-corrected chi connectivity index (χ1v) is 9.33. The summed E-state index contributed by atoms with van der Waals surface area (Å²) in [6, 6.07) is 0.165. The quantitative estimate of drug-likeness (QED) is 0.474. The number of rotatable bonds is 7. The third kappa shape index (κ3) is 4.09. The van der Waals surface area contributed by atoms with Gasteiger partial charge < -0.3 is 14.0 Å². The number of ether oxygens (including phenoxy) is 2. The van der Waals surface area contributed by atoms with Crippen LogP contribution in [-0.4, -0.2) is 30.7 Å². The summed E-state index contributed by atoms with van der Waals surface area (Å²) in [5, 5.41) is 0.0564. The number of aromatic nitrogens is 1. The summed E-state index contributed by atoms with van der Waals surface area (Å²) in [4.78, 5) is 24.7. The number of halogens is 2. The fourth-order valence-electron chi connectivity index (χ4n) is 3.29. The third-order valence-corrected chi connectivity index (χ3v) is 5.00. The second kappa shape index (κ2) is 8.67. The number of nitrogens with zero attached hydrogens (tertiary/aromatic N) is 1. The highest BCUT2D eigenvalue weighted by Crippen LogP contribution is 2.42. The molecule has 2 heterocycles. The van der Waals surface area contributed by atoms with Crippen LogP contribution >= 0.6 is 11.6 Å². The van der Waals surface area contributed by atoms with E-state index in [0.717, 1.165) is 17.7 Å². The minimum absolute atomic E-state index is 0.0564. The molecule has 0 N–H and O–H groups in total. The maximum Gasteiger partial charge on any atom is 0.228 e. The molecule has 0 amide bonds. The fourth-order valence-corrected chi connectivity index (χ4v) is 3.51. The molecule has 1 aromatic carbocycles. The van der Waals surface area contributed by atoms with E-state index in [0.29, 0.717) is 13.0 Å². The summed E-state index contributed by atoms with van der Waals surface area (Å²) in [6.45, 7) is -4.72. The molecule has 5 nitrogen and oxygen atoms in total. The SMILES string of the molecule is [2H]C([2H])([2H])C(C([2H])([2H])[2H])[C@]1([2H])Cc2cc(OCCCOC)c(Cl)cc2-c2c(F)c(=O)c(C(C)=O)cn21. The van der Waals surface area contributed by atoms with Gasteiger partial charge in [0.2, 0.25) is 5.43 Å². The first kappa shape index (κ1) is 13.9. The summed E-state index contributed by atoms with van der Waals surface area (Å²) < 4.78 is 83.8. The Kier molecular flexibility index (Phi) is 4.17. The van der Waals surface area contributed by atoms with E-state index in [-0.39, 0.29) is 28.5 Å². The number of benzene rings is 1. The Labute approximate surface area is 184 Å². The molecule has 0 fully saturated rings. The van der Waals surface area contributed by atoms with Gasteiger partial charge in [0.1, 0.15) is 5.75 Å². The molecule has 1 atom stereocenters. The Bertz CT molecular complexity index is 1230. The number of Topliss-reactive ketones (excluding diaryl/α,β-unsaturated/α-hetero) is 1. The van der Waals surface area contributed by atoms with Crippen molar-refractivity contribution >= 4 is 17.4 Å². The zero-order valence-electron chi connectivity index (χ0n) is 23.0. The maximum atomic E-state index is 15.6. The maximum absolute atomic E-state index is 15.6. The third-order valence-electron chi connectivity index (χ3n) is 4.71. The van der Waals surface area contributed by atoms with Crippen molar-refractivity contribution in [3.8, 4) is 17.0 Å². The molecule has 156 valence electrons. The lowest BCUT2D eigenvalue weighted by atomic mass is 9.87. The van der Waals surface area contributed by atoms with Crippen molar-refractivity contribution in [2.75, 3.05) is 20.3 Å². The molecule has 1 aliphatic heterocycles. The molecule has 0 spiro atoms. The molecule has 0 aliphatic carbocycles. The van der Waals surface area contributed by atoms with Crippen molar-refractivity contribution in [3.05, 3.63) is 50.5 Å². The van der Waals surface area contributed by atoms with Gasteiger partial charge in [-0.25, -0.2) is 4.39 Å². The van der Waals surface area contributed by atoms with Crippen molar-refractivity contribution in [1.29, 1.82) is 0 Å². The van der Waals surface area contributed by atoms with Crippen molar-refractivity contribution in [2.24, 2.45) is 5.92 Å². The van der Waals surface area contributed by atoms with E-state index < -0.39 is 60.3 Å². The zero-order chi connectivity index (χ0) is 27.2. The highest BCUT2D eigenvalue weighted by Gasteiger charge is 2.31. The number of carbonyl (C=O) groups is 1. The molecule has 0 saturated heterocycles. The van der Waals surface area contributed by atoms with Gasteiger partial charge in [0.15, 0.2) is 11.6 Å². The highest BCUT2D eigenvalue weighted by atomic mass is 35.5. The van der Waals surface area contributed by atoms with Crippen LogP contribution in [0.3, 0.4) is 0 Å². The Morgan fingerprint density at radius 3 is 2.86 bits per heavy atom. The average molecular weight is 429 g/mol. The molecule has 0 saturated carbocycles. The van der Waals surface area contributed by atoms with E-state index in [1.807, 2.05) is 0 Å². The van der Waals surface area contributed by atoms with Crippen molar-refractivity contribution in [2.45, 2.75) is 39.5 Å². The number of pyridine rings is 1. The molecule has 3 rings (SSSR count). The average Bonchev–Trinajstić information content (AvgIpc) is 2.71. The van der Waals surface area contributed by atoms with Gasteiger partial charge in [-0.1, -0.05) is 25.3 Å². The van der Waals surface area contributed by atoms with Crippen LogP contribution in [0.4, 0.5) is 4.39 Å². The van der Waals surface area contributed by atoms with E-state index in [1.54, 1.807) is 0 Å². The van der Waals surface area contributed by atoms with E-state index in [4.69, 9.17) is 29.3 Å². The van der Waals surface area contributed by atoms with Crippen LogP contribution in [0.15, 0.2) is 23.1 Å². The van der Waals surface area contributed by atoms with Crippen molar-refractivity contribution in [1.82, 2.24) is 4.57 Å². The first-order valence-electron chi connectivity index (χ1n) is 12.4. The molecule has 0 radical (unpaired) electrons. The van der Waals surface area contributed by atoms with Gasteiger partial charge in [0.05, 0.1) is 24.3 Å². The molecular weight excluding hydrogens is 397 g/mol. The summed E-state index contributed by atoms with van der Waals surface area (Å²) >= 11 is 6.35. The smallest absolute Gasteiger partial charge is 0.228 e. The lowest BCUT2D eigenvalue weighted by molar-refractivity contribution is 0.101. The predicted molar refractivity (Wildman–Crippen MR) is 111 cm³/mol. The van der Waals surface area contributed by atoms with Crippen LogP contribution in [0.25, 0.3) is 11.3 Å². The van der Waals surface area contributed by atoms with Gasteiger partial charge in [-0.3, -0.25) is 9.59 Å². The number of hydrogen-bond acceptors (Lipinski definition) is 4. The van der Waals surface area contributed by atoms with Crippen LogP contribution < -0.4 is 10.2 Å². The predicted octanol–water partition coefficient (Wildman–Crippen LogP) is 4.68. The molecule has 1 aromatic heterocycles. The molecule has 0 bridgehead atoms. The van der Waals surface area contributed by atoms with Crippen molar-refractivity contribution in [3.63, 3.8) is 0 Å². The van der Waals surface area contributed by atoms with Gasteiger partial charge in [0.25, 0.3) is 0 Å². The minimum atomic E-state index is -3.18. The summed E-state index contributed by atoms with van der Waals surface area (Å²) in [7, 11) is 1.53. The van der Waals surface area contributed by atoms with Gasteiger partial charge in [0, 0.05) is 46.1 Å². The molecule has 2 aromatic rings. The number of methoxy groups -OCH3 is 1. The summed E-state index contributed by atoms with van der Waals surface area (Å²) in [6.07, 6.45) is 0.891. The van der Waals surface area contributed by atoms with Gasteiger partial charge >= 0.3 is 0 Å². The Morgan fingerprint density at radius 1 is 1.45 bits per heavy atom. The largest absolute Gasteiger partial charge is 0.492 e. The molecule has 29 heavy (non-hydrogen) atoms. The molecular formula is C22H25ClFNO4. The second-order valence-corrected chi connectivity index (χ2v) is 7.10. The zero-order valence-corrected chi connectivity index (χ0v) is 16.7. The van der Waals surface area contributed by atoms with E-state index in [2.05, 4.69) is 0 Å². The van der Waals surface area contributed by atoms with Crippen LogP contribution in [0.5, 0.6) is 5.75 Å². The number of ketones is 1. The number of carbonyl (C=O) groups excluding carboxylic acids is 1. The Hall–Kier alpha value is -2.18. The normalized spacial score (nSPS) is 22.2. The second-order valence-electron chi connectivity index (χ2n) is 6.70. The monoisotopic (exact) mass is 428 g/mol. The van der Waals surface area contributed by atoms with Gasteiger partial charge in [-0.15, -0.1) is 0 Å². The molecule has 1 aliphatic rings. The lowest BCUT2D eigenvalue weighted by Gasteiger charge is -2.34. The Balaban J connectivity index is 2.35. The topological polar surface area (TPSA) is 57.5 Å². The lowest BCUT2D eigenvalue weighted by Crippen LogP contribution is -2.30. The number of fused-ring (bicyclic) bond motifs is 3. The fraction of sp³-hybridized carbons (Fsp3) is 0.455. The van der Waals surface area contributed by atoms with E-state index >= 15 is 4.39 Å². The van der Waals surface area contributed by atoms with Crippen LogP contribution in [0.2, 0.25) is 5.02 Å². The number of hydrogen-bond donors (Lipinski definition) is 0. The minimum Gasteiger partial charge on any atom is -0.492 e. The van der Waals surface area contributed by atoms with Gasteiger partial charge in [-0.05, 0) is 37.0 Å². The summed E-state index contributed by atoms with van der Waals surface area (Å²) in [5.74, 6) is -4.38.